The molecule has 5 nitrogen and oxygen atoms in total. The molecule has 19 heavy (non-hydrogen) atoms. The molecule has 102 valence electrons. The monoisotopic (exact) mass is 279 g/mol. The van der Waals surface area contributed by atoms with Crippen molar-refractivity contribution < 1.29 is 9.47 Å². The van der Waals surface area contributed by atoms with E-state index >= 15 is 0 Å². The SMILES string of the molecule is COc1ccc2[nH]c(=S)n(C(C)C3CCOC3)c2n1. The van der Waals surface area contributed by atoms with Gasteiger partial charge in [0.2, 0.25) is 5.88 Å². The average Bonchev–Trinajstić information content (AvgIpc) is 3.03. The number of pyridine rings is 1. The minimum Gasteiger partial charge on any atom is -0.481 e. The van der Waals surface area contributed by atoms with Crippen LogP contribution in [0.1, 0.15) is 19.4 Å². The topological polar surface area (TPSA) is 52.1 Å². The van der Waals surface area contributed by atoms with Crippen LogP contribution in [0.5, 0.6) is 5.88 Å². The summed E-state index contributed by atoms with van der Waals surface area (Å²) < 4.78 is 13.4. The summed E-state index contributed by atoms with van der Waals surface area (Å²) in [6.45, 7) is 3.80. The van der Waals surface area contributed by atoms with Gasteiger partial charge >= 0.3 is 0 Å². The van der Waals surface area contributed by atoms with Gasteiger partial charge in [-0.15, -0.1) is 0 Å². The Kier molecular flexibility index (Phi) is 3.28. The van der Waals surface area contributed by atoms with E-state index in [4.69, 9.17) is 21.7 Å². The number of hydrogen-bond donors (Lipinski definition) is 1. The Balaban J connectivity index is 2.10. The summed E-state index contributed by atoms with van der Waals surface area (Å²) in [6, 6.07) is 4.05. The highest BCUT2D eigenvalue weighted by Gasteiger charge is 2.25. The molecule has 2 aromatic rings. The van der Waals surface area contributed by atoms with Crippen LogP contribution in [-0.2, 0) is 4.74 Å². The van der Waals surface area contributed by atoms with Crippen LogP contribution in [0.25, 0.3) is 11.2 Å². The molecule has 6 heteroatoms. The summed E-state index contributed by atoms with van der Waals surface area (Å²) in [5, 5.41) is 0. The number of imidazole rings is 1. The molecule has 0 bridgehead atoms. The third kappa shape index (κ3) is 2.15. The zero-order valence-electron chi connectivity index (χ0n) is 11.0. The molecular formula is C13H17N3O2S. The number of nitrogens with one attached hydrogen (secondary N) is 1. The summed E-state index contributed by atoms with van der Waals surface area (Å²) in [4.78, 5) is 7.71. The van der Waals surface area contributed by atoms with Crippen LogP contribution < -0.4 is 4.74 Å². The van der Waals surface area contributed by atoms with Crippen molar-refractivity contribution in [3.63, 3.8) is 0 Å². The Bertz CT molecular complexity index is 643. The van der Waals surface area contributed by atoms with Gasteiger partial charge in [-0.2, -0.15) is 4.98 Å². The van der Waals surface area contributed by atoms with Crippen LogP contribution in [0.3, 0.4) is 0 Å². The second-order valence-corrected chi connectivity index (χ2v) is 5.28. The smallest absolute Gasteiger partial charge is 0.215 e. The van der Waals surface area contributed by atoms with E-state index in [1.54, 1.807) is 7.11 Å². The Morgan fingerprint density at radius 2 is 2.42 bits per heavy atom. The van der Waals surface area contributed by atoms with Gasteiger partial charge in [0, 0.05) is 24.6 Å². The third-order valence-electron chi connectivity index (χ3n) is 3.80. The van der Waals surface area contributed by atoms with Crippen LogP contribution in [-0.4, -0.2) is 34.9 Å². The molecule has 0 aliphatic carbocycles. The lowest BCUT2D eigenvalue weighted by atomic mass is 10.0. The first kappa shape index (κ1) is 12.6. The van der Waals surface area contributed by atoms with Crippen LogP contribution in [0.4, 0.5) is 0 Å². The highest BCUT2D eigenvalue weighted by atomic mass is 32.1. The van der Waals surface area contributed by atoms with Crippen molar-refractivity contribution in [2.24, 2.45) is 5.92 Å². The zero-order chi connectivity index (χ0) is 13.4. The standard InChI is InChI=1S/C13H17N3O2S/c1-8(9-5-6-18-7-9)16-12-10(14-13(16)19)3-4-11(15-12)17-2/h3-4,8-9H,5-7H2,1-2H3,(H,14,19). The summed E-state index contributed by atoms with van der Waals surface area (Å²) >= 11 is 5.43. The normalized spacial score (nSPS) is 20.8. The second-order valence-electron chi connectivity index (χ2n) is 4.89. The minimum absolute atomic E-state index is 0.267. The van der Waals surface area contributed by atoms with E-state index in [-0.39, 0.29) is 6.04 Å². The van der Waals surface area contributed by atoms with Crippen LogP contribution in [0.15, 0.2) is 12.1 Å². The lowest BCUT2D eigenvalue weighted by molar-refractivity contribution is 0.175. The van der Waals surface area contributed by atoms with Gasteiger partial charge in [-0.3, -0.25) is 4.57 Å². The van der Waals surface area contributed by atoms with Gasteiger partial charge in [0.1, 0.15) is 0 Å². The van der Waals surface area contributed by atoms with Crippen molar-refractivity contribution in [1.82, 2.24) is 14.5 Å². The van der Waals surface area contributed by atoms with E-state index in [0.717, 1.165) is 30.8 Å². The zero-order valence-corrected chi connectivity index (χ0v) is 11.9. The van der Waals surface area contributed by atoms with Crippen molar-refractivity contribution in [3.05, 3.63) is 16.9 Å². The number of methoxy groups -OCH3 is 1. The Labute approximate surface area is 116 Å². The molecule has 0 radical (unpaired) electrons. The summed E-state index contributed by atoms with van der Waals surface area (Å²) in [7, 11) is 1.62. The van der Waals surface area contributed by atoms with Gasteiger partial charge in [0.25, 0.3) is 0 Å². The Hall–Kier alpha value is -1.40. The number of ether oxygens (including phenoxy) is 2. The predicted octanol–water partition coefficient (Wildman–Crippen LogP) is 2.70. The lowest BCUT2D eigenvalue weighted by Gasteiger charge is -2.19. The number of H-pyrrole nitrogens is 1. The molecule has 2 aromatic heterocycles. The van der Waals surface area contributed by atoms with Crippen molar-refractivity contribution >= 4 is 23.4 Å². The van der Waals surface area contributed by atoms with Crippen LogP contribution in [0.2, 0.25) is 0 Å². The number of hydrogen-bond acceptors (Lipinski definition) is 4. The third-order valence-corrected chi connectivity index (χ3v) is 4.10. The molecule has 1 aliphatic rings. The highest BCUT2D eigenvalue weighted by molar-refractivity contribution is 7.71. The van der Waals surface area contributed by atoms with E-state index in [1.807, 2.05) is 12.1 Å². The number of rotatable bonds is 3. The largest absolute Gasteiger partial charge is 0.481 e. The molecule has 1 aliphatic heterocycles. The molecule has 1 saturated heterocycles. The van der Waals surface area contributed by atoms with Gasteiger partial charge in [0.15, 0.2) is 10.4 Å². The Morgan fingerprint density at radius 3 is 3.11 bits per heavy atom. The summed E-state index contributed by atoms with van der Waals surface area (Å²) in [6.07, 6.45) is 1.07. The maximum atomic E-state index is 5.47. The molecule has 2 unspecified atom stereocenters. The summed E-state index contributed by atoms with van der Waals surface area (Å²) in [5.41, 5.74) is 1.79. The fraction of sp³-hybridized carbons (Fsp3) is 0.538. The van der Waals surface area contributed by atoms with Crippen LogP contribution >= 0.6 is 12.2 Å². The first-order valence-electron chi connectivity index (χ1n) is 6.43. The summed E-state index contributed by atoms with van der Waals surface area (Å²) in [5.74, 6) is 1.09. The minimum atomic E-state index is 0.267. The van der Waals surface area contributed by atoms with E-state index in [0.29, 0.717) is 16.6 Å². The molecule has 0 spiro atoms. The molecule has 0 saturated carbocycles. The maximum absolute atomic E-state index is 5.47. The Morgan fingerprint density at radius 1 is 1.58 bits per heavy atom. The fourth-order valence-electron chi connectivity index (χ4n) is 2.62. The van der Waals surface area contributed by atoms with Crippen molar-refractivity contribution in [1.29, 1.82) is 0 Å². The molecule has 3 rings (SSSR count). The highest BCUT2D eigenvalue weighted by Crippen LogP contribution is 2.29. The maximum Gasteiger partial charge on any atom is 0.215 e. The fourth-order valence-corrected chi connectivity index (χ4v) is 2.98. The van der Waals surface area contributed by atoms with Gasteiger partial charge in [-0.25, -0.2) is 0 Å². The molecule has 0 aromatic carbocycles. The van der Waals surface area contributed by atoms with E-state index in [1.165, 1.54) is 0 Å². The molecule has 0 amide bonds. The van der Waals surface area contributed by atoms with Crippen molar-refractivity contribution in [2.45, 2.75) is 19.4 Å². The number of aromatic nitrogens is 3. The average molecular weight is 279 g/mol. The van der Waals surface area contributed by atoms with E-state index < -0.39 is 0 Å². The predicted molar refractivity (Wildman–Crippen MR) is 75.1 cm³/mol. The number of fused-ring (bicyclic) bond motifs is 1. The number of aromatic amines is 1. The first-order valence-corrected chi connectivity index (χ1v) is 6.84. The molecule has 1 N–H and O–H groups in total. The molecule has 2 atom stereocenters. The van der Waals surface area contributed by atoms with E-state index in [9.17, 15) is 0 Å². The van der Waals surface area contributed by atoms with Gasteiger partial charge in [-0.1, -0.05) is 0 Å². The van der Waals surface area contributed by atoms with Gasteiger partial charge in [-0.05, 0) is 31.6 Å². The molecule has 3 heterocycles. The number of nitrogens with zero attached hydrogens (tertiary/aromatic N) is 2. The second kappa shape index (κ2) is 4.94. The van der Waals surface area contributed by atoms with Gasteiger partial charge < -0.3 is 14.5 Å². The lowest BCUT2D eigenvalue weighted by Crippen LogP contribution is -2.17. The van der Waals surface area contributed by atoms with Crippen molar-refractivity contribution in [3.8, 4) is 5.88 Å². The van der Waals surface area contributed by atoms with E-state index in [2.05, 4.69) is 21.5 Å². The van der Waals surface area contributed by atoms with Gasteiger partial charge in [0.05, 0.1) is 19.2 Å². The first-order chi connectivity index (χ1) is 9.20. The molecular weight excluding hydrogens is 262 g/mol. The van der Waals surface area contributed by atoms with Crippen LogP contribution in [0, 0.1) is 10.7 Å². The molecule has 1 fully saturated rings. The van der Waals surface area contributed by atoms with Crippen molar-refractivity contribution in [2.75, 3.05) is 20.3 Å². The quantitative estimate of drug-likeness (QED) is 0.878.